The van der Waals surface area contributed by atoms with Gasteiger partial charge in [-0.1, -0.05) is 0 Å². The van der Waals surface area contributed by atoms with Crippen LogP contribution in [0.3, 0.4) is 0 Å². The van der Waals surface area contributed by atoms with Crippen molar-refractivity contribution >= 4 is 23.3 Å². The van der Waals surface area contributed by atoms with Gasteiger partial charge in [0, 0.05) is 43.1 Å². The van der Waals surface area contributed by atoms with Crippen LogP contribution in [0, 0.1) is 6.92 Å². The van der Waals surface area contributed by atoms with Crippen molar-refractivity contribution in [2.24, 2.45) is 0 Å². The summed E-state index contributed by atoms with van der Waals surface area (Å²) in [7, 11) is 2.03. The molecule has 0 unspecified atom stereocenters. The van der Waals surface area contributed by atoms with E-state index >= 15 is 0 Å². The van der Waals surface area contributed by atoms with Crippen molar-refractivity contribution in [2.45, 2.75) is 20.4 Å². The fourth-order valence-corrected chi connectivity index (χ4v) is 3.07. The highest BCUT2D eigenvalue weighted by molar-refractivity contribution is 5.96. The van der Waals surface area contributed by atoms with Crippen LogP contribution in [0.4, 0.5) is 5.69 Å². The number of piperazine rings is 1. The maximum absolute atomic E-state index is 12.6. The van der Waals surface area contributed by atoms with E-state index < -0.39 is 0 Å². The molecule has 0 atom stereocenters. The van der Waals surface area contributed by atoms with Crippen LogP contribution in [0.5, 0.6) is 0 Å². The maximum Gasteiger partial charge on any atom is 0.274 e. The van der Waals surface area contributed by atoms with E-state index in [4.69, 9.17) is 0 Å². The molecule has 1 saturated heterocycles. The zero-order valence-electron chi connectivity index (χ0n) is 16.4. The first-order valence-corrected chi connectivity index (χ1v) is 9.26. The fourth-order valence-electron chi connectivity index (χ4n) is 3.07. The van der Waals surface area contributed by atoms with Crippen molar-refractivity contribution in [1.82, 2.24) is 19.6 Å². The Balaban J connectivity index is 1.62. The Morgan fingerprint density at radius 2 is 1.71 bits per heavy atom. The molecule has 1 aliphatic rings. The molecule has 1 fully saturated rings. The van der Waals surface area contributed by atoms with Crippen LogP contribution in [-0.2, 0) is 11.3 Å². The Morgan fingerprint density at radius 3 is 2.32 bits per heavy atom. The highest BCUT2D eigenvalue weighted by Crippen LogP contribution is 2.12. The highest BCUT2D eigenvalue weighted by atomic mass is 16.2. The van der Waals surface area contributed by atoms with Gasteiger partial charge in [-0.2, -0.15) is 5.10 Å². The number of carbonyl (C=O) groups excluding carboxylic acids is 3. The third-order valence-corrected chi connectivity index (χ3v) is 4.86. The van der Waals surface area contributed by atoms with Crippen molar-refractivity contribution in [2.75, 3.05) is 38.5 Å². The lowest BCUT2D eigenvalue weighted by Crippen LogP contribution is -2.47. The minimum atomic E-state index is -0.250. The third kappa shape index (κ3) is 4.64. The molecule has 8 heteroatoms. The molecule has 0 radical (unpaired) electrons. The number of amides is 2. The quantitative estimate of drug-likeness (QED) is 0.789. The lowest BCUT2D eigenvalue weighted by atomic mass is 10.1. The zero-order chi connectivity index (χ0) is 20.3. The fraction of sp³-hybridized carbons (Fsp3) is 0.400. The largest absolute Gasteiger partial charge is 0.335 e. The van der Waals surface area contributed by atoms with Gasteiger partial charge in [0.2, 0.25) is 5.91 Å². The van der Waals surface area contributed by atoms with Crippen LogP contribution in [0.2, 0.25) is 0 Å². The van der Waals surface area contributed by atoms with Gasteiger partial charge in [-0.3, -0.25) is 19.1 Å². The highest BCUT2D eigenvalue weighted by Gasteiger charge is 2.23. The van der Waals surface area contributed by atoms with E-state index in [9.17, 15) is 14.4 Å². The summed E-state index contributed by atoms with van der Waals surface area (Å²) in [6.07, 6.45) is 0. The molecule has 1 aromatic heterocycles. The molecule has 8 nitrogen and oxygen atoms in total. The summed E-state index contributed by atoms with van der Waals surface area (Å²) < 4.78 is 1.53. The average molecular weight is 383 g/mol. The van der Waals surface area contributed by atoms with Crippen molar-refractivity contribution in [3.8, 4) is 0 Å². The van der Waals surface area contributed by atoms with Crippen molar-refractivity contribution in [3.63, 3.8) is 0 Å². The van der Waals surface area contributed by atoms with Gasteiger partial charge in [0.15, 0.2) is 11.5 Å². The van der Waals surface area contributed by atoms with E-state index in [-0.39, 0.29) is 24.1 Å². The first kappa shape index (κ1) is 19.8. The topological polar surface area (TPSA) is 87.5 Å². The summed E-state index contributed by atoms with van der Waals surface area (Å²) in [6.45, 7) is 6.37. The number of Topliss-reactive ketones (excluding diaryl/α,β-unsaturated/α-hetero) is 1. The number of anilines is 1. The number of hydrogen-bond donors (Lipinski definition) is 1. The van der Waals surface area contributed by atoms with Gasteiger partial charge in [0.1, 0.15) is 6.54 Å². The molecule has 0 spiro atoms. The van der Waals surface area contributed by atoms with Gasteiger partial charge in [-0.15, -0.1) is 0 Å². The number of likely N-dealkylation sites (N-methyl/N-ethyl adjacent to an activating group) is 1. The van der Waals surface area contributed by atoms with Gasteiger partial charge in [-0.25, -0.2) is 0 Å². The van der Waals surface area contributed by atoms with Gasteiger partial charge in [0.25, 0.3) is 5.91 Å². The van der Waals surface area contributed by atoms with Gasteiger partial charge in [0.05, 0.1) is 0 Å². The molecule has 0 saturated carbocycles. The second-order valence-electron chi connectivity index (χ2n) is 7.11. The van der Waals surface area contributed by atoms with E-state index in [1.54, 1.807) is 35.2 Å². The molecule has 1 aromatic carbocycles. The van der Waals surface area contributed by atoms with Crippen LogP contribution >= 0.6 is 0 Å². The third-order valence-electron chi connectivity index (χ3n) is 4.86. The van der Waals surface area contributed by atoms with Crippen molar-refractivity contribution in [3.05, 3.63) is 47.3 Å². The summed E-state index contributed by atoms with van der Waals surface area (Å²) >= 11 is 0. The van der Waals surface area contributed by atoms with E-state index in [0.29, 0.717) is 30.0 Å². The molecule has 1 aliphatic heterocycles. The number of hydrogen-bond acceptors (Lipinski definition) is 5. The number of benzene rings is 1. The molecule has 1 N–H and O–H groups in total. The summed E-state index contributed by atoms with van der Waals surface area (Å²) in [5.74, 6) is -0.377. The van der Waals surface area contributed by atoms with E-state index in [1.165, 1.54) is 11.6 Å². The monoisotopic (exact) mass is 383 g/mol. The first-order valence-electron chi connectivity index (χ1n) is 9.26. The van der Waals surface area contributed by atoms with Gasteiger partial charge in [-0.05, 0) is 51.2 Å². The van der Waals surface area contributed by atoms with Crippen LogP contribution in [0.1, 0.15) is 33.5 Å². The lowest BCUT2D eigenvalue weighted by Gasteiger charge is -2.31. The molecule has 148 valence electrons. The van der Waals surface area contributed by atoms with Crippen molar-refractivity contribution in [1.29, 1.82) is 0 Å². The summed E-state index contributed by atoms with van der Waals surface area (Å²) in [4.78, 5) is 40.3. The molecular weight excluding hydrogens is 358 g/mol. The number of aromatic nitrogens is 2. The van der Waals surface area contributed by atoms with E-state index in [2.05, 4.69) is 15.3 Å². The molecule has 2 amide bonds. The molecule has 2 heterocycles. The van der Waals surface area contributed by atoms with Crippen molar-refractivity contribution < 1.29 is 14.4 Å². The smallest absolute Gasteiger partial charge is 0.274 e. The molecule has 0 aliphatic carbocycles. The Bertz CT molecular complexity index is 880. The second-order valence-corrected chi connectivity index (χ2v) is 7.11. The summed E-state index contributed by atoms with van der Waals surface area (Å²) in [5, 5.41) is 7.11. The normalized spacial score (nSPS) is 14.8. The number of rotatable bonds is 5. The van der Waals surface area contributed by atoms with Crippen LogP contribution < -0.4 is 5.32 Å². The van der Waals surface area contributed by atoms with Crippen LogP contribution in [0.25, 0.3) is 0 Å². The lowest BCUT2D eigenvalue weighted by molar-refractivity contribution is -0.116. The van der Waals surface area contributed by atoms with Crippen LogP contribution in [0.15, 0.2) is 30.3 Å². The standard InChI is InChI=1S/C20H25N5O3/c1-14-12-18(20(28)24-10-8-23(3)9-11-24)22-25(14)13-19(27)21-17-6-4-16(5-7-17)15(2)26/h4-7,12H,8-11,13H2,1-3H3,(H,21,27). The first-order chi connectivity index (χ1) is 13.3. The number of ketones is 1. The number of nitrogens with zero attached hydrogens (tertiary/aromatic N) is 4. The predicted octanol–water partition coefficient (Wildman–Crippen LogP) is 1.42. The van der Waals surface area contributed by atoms with E-state index in [1.807, 2.05) is 14.0 Å². The number of carbonyl (C=O) groups is 3. The van der Waals surface area contributed by atoms with E-state index in [0.717, 1.165) is 18.8 Å². The molecule has 0 bridgehead atoms. The number of aryl methyl sites for hydroxylation is 1. The molecule has 2 aromatic rings. The zero-order valence-corrected chi connectivity index (χ0v) is 16.4. The second kappa shape index (κ2) is 8.35. The Morgan fingerprint density at radius 1 is 1.07 bits per heavy atom. The minimum Gasteiger partial charge on any atom is -0.335 e. The Kier molecular flexibility index (Phi) is 5.89. The average Bonchev–Trinajstić information content (AvgIpc) is 3.02. The predicted molar refractivity (Wildman–Crippen MR) is 105 cm³/mol. The summed E-state index contributed by atoms with van der Waals surface area (Å²) in [5.41, 5.74) is 2.31. The number of nitrogens with one attached hydrogen (secondary N) is 1. The Labute approximate surface area is 164 Å². The minimum absolute atomic E-state index is 0.0102. The molecular formula is C20H25N5O3. The van der Waals surface area contributed by atoms with Crippen LogP contribution in [-0.4, -0.2) is 70.4 Å². The van der Waals surface area contributed by atoms with Gasteiger partial charge >= 0.3 is 0 Å². The molecule has 28 heavy (non-hydrogen) atoms. The molecule has 3 rings (SSSR count). The Hall–Kier alpha value is -3.00. The maximum atomic E-state index is 12.6. The SMILES string of the molecule is CC(=O)c1ccc(NC(=O)Cn2nc(C(=O)N3CCN(C)CC3)cc2C)cc1. The van der Waals surface area contributed by atoms with Gasteiger partial charge < -0.3 is 15.1 Å². The summed E-state index contributed by atoms with van der Waals surface area (Å²) in [6, 6.07) is 8.43.